The largest absolute Gasteiger partial charge is 0.481 e. The SMILES string of the molecule is Cc1sc(NC(=O)c2nc(C)n(-c3ncn[nH]3)n2)nc1CC(=O)O. The van der Waals surface area contributed by atoms with Gasteiger partial charge >= 0.3 is 5.97 Å². The van der Waals surface area contributed by atoms with Crippen LogP contribution in [0.25, 0.3) is 5.95 Å². The van der Waals surface area contributed by atoms with E-state index < -0.39 is 11.9 Å². The van der Waals surface area contributed by atoms with E-state index in [-0.39, 0.29) is 12.2 Å². The van der Waals surface area contributed by atoms with Crippen LogP contribution in [-0.4, -0.2) is 51.9 Å². The Labute approximate surface area is 138 Å². The van der Waals surface area contributed by atoms with Crippen molar-refractivity contribution in [3.05, 3.63) is 28.5 Å². The summed E-state index contributed by atoms with van der Waals surface area (Å²) in [5.74, 6) is -0.792. The molecule has 24 heavy (non-hydrogen) atoms. The number of aromatic nitrogens is 7. The maximum Gasteiger partial charge on any atom is 0.309 e. The van der Waals surface area contributed by atoms with Crippen LogP contribution in [0.5, 0.6) is 0 Å². The standard InChI is InChI=1S/C12H12N8O3S/c1-5-7(3-8(21)22)16-12(24-5)17-10(23)9-15-6(2)20(19-9)11-13-4-14-18-11/h4H,3H2,1-2H3,(H,21,22)(H,13,14,18)(H,16,17,23). The summed E-state index contributed by atoms with van der Waals surface area (Å²) in [6.07, 6.45) is 1.12. The summed E-state index contributed by atoms with van der Waals surface area (Å²) in [6.45, 7) is 3.41. The number of aromatic amines is 1. The molecular weight excluding hydrogens is 336 g/mol. The Balaban J connectivity index is 1.78. The minimum Gasteiger partial charge on any atom is -0.481 e. The number of anilines is 1. The molecule has 3 N–H and O–H groups in total. The molecule has 0 aliphatic carbocycles. The Bertz CT molecular complexity index is 898. The fraction of sp³-hybridized carbons (Fsp3) is 0.250. The van der Waals surface area contributed by atoms with Gasteiger partial charge in [0.2, 0.25) is 11.8 Å². The van der Waals surface area contributed by atoms with Crippen LogP contribution < -0.4 is 5.32 Å². The maximum atomic E-state index is 12.2. The molecule has 3 aromatic rings. The summed E-state index contributed by atoms with van der Waals surface area (Å²) in [7, 11) is 0. The van der Waals surface area contributed by atoms with Crippen LogP contribution in [0.15, 0.2) is 6.33 Å². The molecule has 124 valence electrons. The number of rotatable bonds is 5. The molecule has 0 radical (unpaired) electrons. The minimum absolute atomic E-state index is 0.0588. The first kappa shape index (κ1) is 15.7. The van der Waals surface area contributed by atoms with Gasteiger partial charge in [-0.05, 0) is 13.8 Å². The fourth-order valence-electron chi connectivity index (χ4n) is 1.93. The van der Waals surface area contributed by atoms with Crippen LogP contribution in [-0.2, 0) is 11.2 Å². The summed E-state index contributed by atoms with van der Waals surface area (Å²) < 4.78 is 1.35. The van der Waals surface area contributed by atoms with Crippen molar-refractivity contribution in [2.75, 3.05) is 5.32 Å². The van der Waals surface area contributed by atoms with Crippen molar-refractivity contribution in [3.8, 4) is 5.95 Å². The van der Waals surface area contributed by atoms with Gasteiger partial charge in [0.1, 0.15) is 12.2 Å². The fourth-order valence-corrected chi connectivity index (χ4v) is 2.75. The van der Waals surface area contributed by atoms with Gasteiger partial charge in [-0.2, -0.15) is 14.8 Å². The van der Waals surface area contributed by atoms with E-state index in [0.29, 0.717) is 22.6 Å². The van der Waals surface area contributed by atoms with Crippen LogP contribution in [0.4, 0.5) is 5.13 Å². The highest BCUT2D eigenvalue weighted by Crippen LogP contribution is 2.22. The number of carboxylic acid groups (broad SMARTS) is 1. The third-order valence-electron chi connectivity index (χ3n) is 3.01. The van der Waals surface area contributed by atoms with E-state index in [2.05, 4.69) is 35.6 Å². The van der Waals surface area contributed by atoms with Gasteiger partial charge in [-0.1, -0.05) is 0 Å². The molecule has 0 aliphatic heterocycles. The molecule has 0 aromatic carbocycles. The molecule has 0 unspecified atom stereocenters. The summed E-state index contributed by atoms with van der Waals surface area (Å²) >= 11 is 1.19. The molecule has 11 nitrogen and oxygen atoms in total. The molecule has 0 saturated carbocycles. The summed E-state index contributed by atoms with van der Waals surface area (Å²) in [5, 5.41) is 22.1. The molecule has 3 heterocycles. The van der Waals surface area contributed by atoms with E-state index >= 15 is 0 Å². The predicted molar refractivity (Wildman–Crippen MR) is 82.2 cm³/mol. The van der Waals surface area contributed by atoms with Crippen LogP contribution in [0.2, 0.25) is 0 Å². The summed E-state index contributed by atoms with van der Waals surface area (Å²) in [4.78, 5) is 35.9. The highest BCUT2D eigenvalue weighted by atomic mass is 32.1. The molecule has 3 aromatic heterocycles. The molecule has 0 aliphatic rings. The van der Waals surface area contributed by atoms with E-state index in [1.54, 1.807) is 13.8 Å². The molecule has 1 amide bonds. The molecule has 0 spiro atoms. The molecular formula is C12H12N8O3S. The van der Waals surface area contributed by atoms with Gasteiger partial charge in [-0.3, -0.25) is 14.9 Å². The van der Waals surface area contributed by atoms with Crippen molar-refractivity contribution < 1.29 is 14.7 Å². The second-order valence-electron chi connectivity index (χ2n) is 4.75. The quantitative estimate of drug-likeness (QED) is 0.597. The van der Waals surface area contributed by atoms with Gasteiger partial charge in [0.15, 0.2) is 5.13 Å². The Morgan fingerprint density at radius 2 is 2.17 bits per heavy atom. The number of carbonyl (C=O) groups is 2. The Morgan fingerprint density at radius 1 is 1.38 bits per heavy atom. The highest BCUT2D eigenvalue weighted by molar-refractivity contribution is 7.15. The normalized spacial score (nSPS) is 10.8. The monoisotopic (exact) mass is 348 g/mol. The first-order valence-corrected chi connectivity index (χ1v) is 7.54. The number of aryl methyl sites for hydroxylation is 2. The van der Waals surface area contributed by atoms with Crippen molar-refractivity contribution in [2.24, 2.45) is 0 Å². The molecule has 12 heteroatoms. The molecule has 0 saturated heterocycles. The smallest absolute Gasteiger partial charge is 0.309 e. The lowest BCUT2D eigenvalue weighted by molar-refractivity contribution is -0.136. The van der Waals surface area contributed by atoms with Crippen LogP contribution in [0, 0.1) is 13.8 Å². The van der Waals surface area contributed by atoms with E-state index in [1.165, 1.54) is 22.3 Å². The third-order valence-corrected chi connectivity index (χ3v) is 3.94. The minimum atomic E-state index is -0.982. The van der Waals surface area contributed by atoms with Crippen molar-refractivity contribution in [3.63, 3.8) is 0 Å². The third kappa shape index (κ3) is 3.12. The van der Waals surface area contributed by atoms with E-state index in [0.717, 1.165) is 4.88 Å². The van der Waals surface area contributed by atoms with Crippen LogP contribution in [0.1, 0.15) is 27.0 Å². The number of hydrogen-bond acceptors (Lipinski definition) is 8. The number of carbonyl (C=O) groups excluding carboxylic acids is 1. The number of nitrogens with zero attached hydrogens (tertiary/aromatic N) is 6. The predicted octanol–water partition coefficient (Wildman–Crippen LogP) is 0.338. The zero-order chi connectivity index (χ0) is 17.3. The van der Waals surface area contributed by atoms with Gasteiger partial charge in [0, 0.05) is 4.88 Å². The van der Waals surface area contributed by atoms with E-state index in [9.17, 15) is 9.59 Å². The molecule has 3 rings (SSSR count). The average Bonchev–Trinajstić information content (AvgIpc) is 3.20. The molecule has 0 fully saturated rings. The second-order valence-corrected chi connectivity index (χ2v) is 5.95. The lowest BCUT2D eigenvalue weighted by atomic mass is 10.3. The first-order chi connectivity index (χ1) is 11.4. The maximum absolute atomic E-state index is 12.2. The van der Waals surface area contributed by atoms with Gasteiger partial charge in [0.25, 0.3) is 5.91 Å². The Hall–Kier alpha value is -3.15. The summed E-state index contributed by atoms with van der Waals surface area (Å²) in [6, 6.07) is 0. The second kappa shape index (κ2) is 6.16. The zero-order valence-corrected chi connectivity index (χ0v) is 13.5. The van der Waals surface area contributed by atoms with Crippen molar-refractivity contribution in [2.45, 2.75) is 20.3 Å². The van der Waals surface area contributed by atoms with Gasteiger partial charge in [-0.25, -0.2) is 15.1 Å². The van der Waals surface area contributed by atoms with Gasteiger partial charge in [-0.15, -0.1) is 16.4 Å². The lowest BCUT2D eigenvalue weighted by Crippen LogP contribution is -2.14. The molecule has 0 atom stereocenters. The van der Waals surface area contributed by atoms with E-state index in [1.807, 2.05) is 0 Å². The van der Waals surface area contributed by atoms with Crippen molar-refractivity contribution in [1.29, 1.82) is 0 Å². The van der Waals surface area contributed by atoms with Crippen molar-refractivity contribution in [1.82, 2.24) is 34.9 Å². The van der Waals surface area contributed by atoms with Crippen LogP contribution >= 0.6 is 11.3 Å². The number of aliphatic carboxylic acids is 1. The topological polar surface area (TPSA) is 152 Å². The lowest BCUT2D eigenvalue weighted by Gasteiger charge is -1.96. The number of hydrogen-bond donors (Lipinski definition) is 3. The highest BCUT2D eigenvalue weighted by Gasteiger charge is 2.19. The number of carboxylic acids is 1. The Morgan fingerprint density at radius 3 is 2.83 bits per heavy atom. The average molecular weight is 348 g/mol. The number of H-pyrrole nitrogens is 1. The molecule has 0 bridgehead atoms. The van der Waals surface area contributed by atoms with Gasteiger partial charge < -0.3 is 5.11 Å². The van der Waals surface area contributed by atoms with Gasteiger partial charge in [0.05, 0.1) is 12.1 Å². The first-order valence-electron chi connectivity index (χ1n) is 6.73. The van der Waals surface area contributed by atoms with Crippen molar-refractivity contribution >= 4 is 28.3 Å². The van der Waals surface area contributed by atoms with Crippen LogP contribution in [0.3, 0.4) is 0 Å². The number of thiazole rings is 1. The number of amides is 1. The zero-order valence-electron chi connectivity index (χ0n) is 12.6. The number of nitrogens with one attached hydrogen (secondary N) is 2. The van der Waals surface area contributed by atoms with E-state index in [4.69, 9.17) is 5.11 Å². The Kier molecular flexibility index (Phi) is 4.04. The summed E-state index contributed by atoms with van der Waals surface area (Å²) in [5.41, 5.74) is 0.416.